The topological polar surface area (TPSA) is 67.2 Å². The van der Waals surface area contributed by atoms with Crippen molar-refractivity contribution < 1.29 is 4.79 Å². The number of aryl methyl sites for hydroxylation is 1. The van der Waals surface area contributed by atoms with Gasteiger partial charge in [0, 0.05) is 25.0 Å². The lowest BCUT2D eigenvalue weighted by atomic mass is 9.83. The van der Waals surface area contributed by atoms with E-state index >= 15 is 0 Å². The van der Waals surface area contributed by atoms with Crippen LogP contribution in [-0.4, -0.2) is 46.3 Å². The third-order valence-electron chi connectivity index (χ3n) is 5.93. The van der Waals surface area contributed by atoms with E-state index < -0.39 is 0 Å². The van der Waals surface area contributed by atoms with Gasteiger partial charge in [-0.2, -0.15) is 5.10 Å². The Labute approximate surface area is 153 Å². The second-order valence-electron chi connectivity index (χ2n) is 7.53. The fourth-order valence-corrected chi connectivity index (χ4v) is 4.59. The summed E-state index contributed by atoms with van der Waals surface area (Å²) in [5, 5.41) is 8.48. The van der Waals surface area contributed by atoms with Crippen LogP contribution in [0.2, 0.25) is 0 Å². The lowest BCUT2D eigenvalue weighted by Crippen LogP contribution is -2.51. The van der Waals surface area contributed by atoms with E-state index in [2.05, 4.69) is 15.3 Å². The Morgan fingerprint density at radius 2 is 1.92 bits per heavy atom. The highest BCUT2D eigenvalue weighted by molar-refractivity contribution is 6.04. The van der Waals surface area contributed by atoms with Crippen molar-refractivity contribution >= 4 is 16.7 Å². The first-order valence-corrected chi connectivity index (χ1v) is 9.63. The minimum absolute atomic E-state index is 0.178. The Morgan fingerprint density at radius 3 is 2.77 bits per heavy atom. The highest BCUT2D eigenvalue weighted by Crippen LogP contribution is 2.30. The number of nitrogens with one attached hydrogen (secondary N) is 1. The third-order valence-corrected chi connectivity index (χ3v) is 5.93. The molecule has 2 aromatic rings. The molecule has 0 saturated carbocycles. The molecule has 0 aliphatic carbocycles. The normalized spacial score (nSPS) is 23.6. The Bertz CT molecular complexity index is 874. The molecular weight excluding hydrogens is 328 g/mol. The fraction of sp³-hybridized carbons (Fsp3) is 0.550. The minimum Gasteiger partial charge on any atom is -0.350 e. The lowest BCUT2D eigenvalue weighted by Gasteiger charge is -2.44. The molecule has 0 spiro atoms. The Hall–Kier alpha value is -2.21. The largest absolute Gasteiger partial charge is 0.350 e. The molecule has 1 N–H and O–H groups in total. The standard InChI is InChI=1S/C20H26N4O2/c1-23-20(26)16-9-3-2-8-15(16)18(22-23)19(25)21-13-14-7-6-12-24-11-5-4-10-17(14)24/h2-3,8-9,14,17H,4-7,10-13H2,1H3,(H,21,25)/t14-,17+/m1/s1. The van der Waals surface area contributed by atoms with E-state index in [0.717, 1.165) is 0 Å². The van der Waals surface area contributed by atoms with Crippen molar-refractivity contribution in [3.05, 3.63) is 40.3 Å². The van der Waals surface area contributed by atoms with E-state index in [1.165, 1.54) is 49.9 Å². The number of nitrogens with zero attached hydrogens (tertiary/aromatic N) is 3. The van der Waals surface area contributed by atoms with Crippen LogP contribution in [0.4, 0.5) is 0 Å². The van der Waals surface area contributed by atoms with Gasteiger partial charge in [0.05, 0.1) is 5.39 Å². The number of amides is 1. The highest BCUT2D eigenvalue weighted by atomic mass is 16.2. The van der Waals surface area contributed by atoms with Crippen LogP contribution in [0.15, 0.2) is 29.1 Å². The van der Waals surface area contributed by atoms with Gasteiger partial charge in [-0.25, -0.2) is 4.68 Å². The van der Waals surface area contributed by atoms with Crippen LogP contribution in [0.3, 0.4) is 0 Å². The zero-order valence-electron chi connectivity index (χ0n) is 15.3. The number of carbonyl (C=O) groups is 1. The molecule has 0 radical (unpaired) electrons. The van der Waals surface area contributed by atoms with Crippen LogP contribution >= 0.6 is 0 Å². The van der Waals surface area contributed by atoms with Crippen LogP contribution in [-0.2, 0) is 7.05 Å². The summed E-state index contributed by atoms with van der Waals surface area (Å²) in [5.41, 5.74) is 0.154. The van der Waals surface area contributed by atoms with Crippen molar-refractivity contribution in [2.75, 3.05) is 19.6 Å². The number of rotatable bonds is 3. The van der Waals surface area contributed by atoms with Crippen LogP contribution in [0.5, 0.6) is 0 Å². The SMILES string of the molecule is Cn1nc(C(=O)NC[C@H]2CCCN3CCCC[C@@H]23)c2ccccc2c1=O. The van der Waals surface area contributed by atoms with Crippen molar-refractivity contribution in [2.24, 2.45) is 13.0 Å². The molecule has 2 aliphatic rings. The predicted octanol–water partition coefficient (Wildman–Crippen LogP) is 1.93. The average molecular weight is 354 g/mol. The van der Waals surface area contributed by atoms with E-state index in [-0.39, 0.29) is 11.5 Å². The van der Waals surface area contributed by atoms with Crippen molar-refractivity contribution in [3.63, 3.8) is 0 Å². The number of hydrogen-bond donors (Lipinski definition) is 1. The van der Waals surface area contributed by atoms with E-state index in [1.807, 2.05) is 12.1 Å². The summed E-state index contributed by atoms with van der Waals surface area (Å²) >= 11 is 0. The predicted molar refractivity (Wildman–Crippen MR) is 101 cm³/mol. The average Bonchev–Trinajstić information content (AvgIpc) is 2.69. The molecule has 2 saturated heterocycles. The molecule has 26 heavy (non-hydrogen) atoms. The molecule has 3 heterocycles. The molecule has 2 aliphatic heterocycles. The number of benzene rings is 1. The van der Waals surface area contributed by atoms with Crippen LogP contribution in [0.1, 0.15) is 42.6 Å². The summed E-state index contributed by atoms with van der Waals surface area (Å²) in [7, 11) is 1.59. The summed E-state index contributed by atoms with van der Waals surface area (Å²) in [4.78, 5) is 27.7. The quantitative estimate of drug-likeness (QED) is 0.915. The molecule has 2 fully saturated rings. The zero-order valence-corrected chi connectivity index (χ0v) is 15.3. The number of hydrogen-bond acceptors (Lipinski definition) is 4. The smallest absolute Gasteiger partial charge is 0.274 e. The number of carbonyl (C=O) groups excluding carboxylic acids is 1. The molecule has 1 aromatic carbocycles. The van der Waals surface area contributed by atoms with Gasteiger partial charge < -0.3 is 10.2 Å². The highest BCUT2D eigenvalue weighted by Gasteiger charge is 2.33. The molecule has 0 bridgehead atoms. The number of aromatic nitrogens is 2. The van der Waals surface area contributed by atoms with Gasteiger partial charge in [-0.3, -0.25) is 9.59 Å². The zero-order chi connectivity index (χ0) is 18.1. The maximum absolute atomic E-state index is 12.8. The van der Waals surface area contributed by atoms with Gasteiger partial charge in [-0.1, -0.05) is 24.6 Å². The maximum atomic E-state index is 12.8. The molecular formula is C20H26N4O2. The second kappa shape index (κ2) is 7.19. The summed E-state index contributed by atoms with van der Waals surface area (Å²) in [6, 6.07) is 7.79. The lowest BCUT2D eigenvalue weighted by molar-refractivity contribution is 0.0575. The first-order valence-electron chi connectivity index (χ1n) is 9.63. The maximum Gasteiger partial charge on any atom is 0.274 e. The summed E-state index contributed by atoms with van der Waals surface area (Å²) in [5.74, 6) is 0.316. The number of piperidine rings is 2. The molecule has 1 aromatic heterocycles. The first-order chi connectivity index (χ1) is 12.6. The van der Waals surface area contributed by atoms with Gasteiger partial charge in [0.15, 0.2) is 5.69 Å². The van der Waals surface area contributed by atoms with E-state index in [1.54, 1.807) is 19.2 Å². The van der Waals surface area contributed by atoms with Gasteiger partial charge in [0.2, 0.25) is 0 Å². The summed E-state index contributed by atoms with van der Waals surface area (Å²) in [6.45, 7) is 3.07. The van der Waals surface area contributed by atoms with Gasteiger partial charge in [-0.05, 0) is 50.8 Å². The summed E-state index contributed by atoms with van der Waals surface area (Å²) in [6.07, 6.45) is 6.20. The third kappa shape index (κ3) is 3.14. The molecule has 4 rings (SSSR count). The van der Waals surface area contributed by atoms with Crippen LogP contribution in [0, 0.1) is 5.92 Å². The minimum atomic E-state index is -0.190. The van der Waals surface area contributed by atoms with Crippen molar-refractivity contribution in [1.82, 2.24) is 20.0 Å². The van der Waals surface area contributed by atoms with Crippen LogP contribution in [0.25, 0.3) is 10.8 Å². The molecule has 6 heteroatoms. The molecule has 2 atom stereocenters. The van der Waals surface area contributed by atoms with Gasteiger partial charge in [-0.15, -0.1) is 0 Å². The molecule has 0 unspecified atom stereocenters. The van der Waals surface area contributed by atoms with Crippen molar-refractivity contribution in [2.45, 2.75) is 38.1 Å². The van der Waals surface area contributed by atoms with Gasteiger partial charge >= 0.3 is 0 Å². The van der Waals surface area contributed by atoms with Gasteiger partial charge in [0.1, 0.15) is 0 Å². The van der Waals surface area contributed by atoms with Crippen molar-refractivity contribution in [1.29, 1.82) is 0 Å². The van der Waals surface area contributed by atoms with Gasteiger partial charge in [0.25, 0.3) is 11.5 Å². The molecule has 6 nitrogen and oxygen atoms in total. The monoisotopic (exact) mass is 354 g/mol. The Morgan fingerprint density at radius 1 is 1.15 bits per heavy atom. The number of fused-ring (bicyclic) bond motifs is 2. The van der Waals surface area contributed by atoms with E-state index in [9.17, 15) is 9.59 Å². The van der Waals surface area contributed by atoms with E-state index in [0.29, 0.717) is 35.0 Å². The van der Waals surface area contributed by atoms with Crippen LogP contribution < -0.4 is 10.9 Å². The Balaban J connectivity index is 1.53. The Kier molecular flexibility index (Phi) is 4.76. The molecule has 138 valence electrons. The fourth-order valence-electron chi connectivity index (χ4n) is 4.59. The first kappa shape index (κ1) is 17.2. The second-order valence-corrected chi connectivity index (χ2v) is 7.53. The summed E-state index contributed by atoms with van der Waals surface area (Å²) < 4.78 is 1.25. The van der Waals surface area contributed by atoms with E-state index in [4.69, 9.17) is 0 Å². The van der Waals surface area contributed by atoms with Crippen molar-refractivity contribution in [3.8, 4) is 0 Å². The molecule has 1 amide bonds.